The monoisotopic (exact) mass is 199 g/mol. The van der Waals surface area contributed by atoms with Crippen LogP contribution in [0.2, 0.25) is 0 Å². The first-order chi connectivity index (χ1) is 6.56. The van der Waals surface area contributed by atoms with Gasteiger partial charge in [0.15, 0.2) is 0 Å². The molecule has 0 aromatic carbocycles. The minimum absolute atomic E-state index is 0.205. The van der Waals surface area contributed by atoms with Crippen molar-refractivity contribution in [1.29, 1.82) is 0 Å². The molecule has 2 atom stereocenters. The zero-order valence-corrected chi connectivity index (χ0v) is 9.36. The lowest BCUT2D eigenvalue weighted by Crippen LogP contribution is -2.42. The molecule has 0 aliphatic heterocycles. The van der Waals surface area contributed by atoms with Gasteiger partial charge in [0.05, 0.1) is 6.54 Å². The second-order valence-electron chi connectivity index (χ2n) is 4.42. The Kier molecular flexibility index (Phi) is 3.93. The van der Waals surface area contributed by atoms with Crippen molar-refractivity contribution in [2.75, 3.05) is 6.54 Å². The minimum atomic E-state index is -0.702. The zero-order valence-electron chi connectivity index (χ0n) is 9.36. The van der Waals surface area contributed by atoms with Crippen molar-refractivity contribution >= 4 is 5.97 Å². The van der Waals surface area contributed by atoms with E-state index in [1.165, 1.54) is 12.8 Å². The number of nitrogens with zero attached hydrogens (tertiary/aromatic N) is 1. The van der Waals surface area contributed by atoms with E-state index in [1.54, 1.807) is 0 Å². The fraction of sp³-hybridized carbons (Fsp3) is 0.909. The number of aliphatic carboxylic acids is 1. The van der Waals surface area contributed by atoms with Gasteiger partial charge in [-0.2, -0.15) is 0 Å². The van der Waals surface area contributed by atoms with Gasteiger partial charge in [-0.3, -0.25) is 9.69 Å². The Morgan fingerprint density at radius 1 is 1.50 bits per heavy atom. The van der Waals surface area contributed by atoms with Crippen molar-refractivity contribution < 1.29 is 9.90 Å². The number of carbonyl (C=O) groups is 1. The van der Waals surface area contributed by atoms with Crippen molar-refractivity contribution in [3.8, 4) is 0 Å². The molecular weight excluding hydrogens is 178 g/mol. The van der Waals surface area contributed by atoms with Gasteiger partial charge in [-0.05, 0) is 25.7 Å². The maximum atomic E-state index is 10.7. The maximum absolute atomic E-state index is 10.7. The van der Waals surface area contributed by atoms with Gasteiger partial charge in [0, 0.05) is 12.1 Å². The summed E-state index contributed by atoms with van der Waals surface area (Å²) in [6.45, 7) is 6.71. The van der Waals surface area contributed by atoms with Crippen molar-refractivity contribution in [3.05, 3.63) is 0 Å². The van der Waals surface area contributed by atoms with Crippen molar-refractivity contribution in [2.45, 2.75) is 52.1 Å². The topological polar surface area (TPSA) is 40.5 Å². The van der Waals surface area contributed by atoms with Crippen molar-refractivity contribution in [1.82, 2.24) is 4.90 Å². The molecule has 1 saturated carbocycles. The van der Waals surface area contributed by atoms with Crippen LogP contribution in [-0.2, 0) is 4.79 Å². The van der Waals surface area contributed by atoms with E-state index in [0.717, 1.165) is 6.42 Å². The number of rotatable bonds is 6. The normalized spacial score (nSPS) is 20.9. The molecule has 82 valence electrons. The standard InChI is InChI=1S/C11H21NO2/c1-4-8(2)9(3)12(7-11(13)14)10-5-6-10/h8-10H,4-7H2,1-3H3,(H,13,14). The third kappa shape index (κ3) is 2.98. The summed E-state index contributed by atoms with van der Waals surface area (Å²) < 4.78 is 0. The molecular formula is C11H21NO2. The van der Waals surface area contributed by atoms with Gasteiger partial charge >= 0.3 is 5.97 Å². The Labute approximate surface area is 86.1 Å². The third-order valence-corrected chi connectivity index (χ3v) is 3.32. The van der Waals surface area contributed by atoms with E-state index in [0.29, 0.717) is 18.0 Å². The molecule has 1 aliphatic rings. The quantitative estimate of drug-likeness (QED) is 0.711. The molecule has 1 aliphatic carbocycles. The first kappa shape index (κ1) is 11.5. The van der Waals surface area contributed by atoms with E-state index < -0.39 is 5.97 Å². The summed E-state index contributed by atoms with van der Waals surface area (Å²) >= 11 is 0. The molecule has 0 aromatic rings. The van der Waals surface area contributed by atoms with Crippen molar-refractivity contribution in [2.24, 2.45) is 5.92 Å². The Morgan fingerprint density at radius 3 is 2.43 bits per heavy atom. The highest BCUT2D eigenvalue weighted by Gasteiger charge is 2.34. The van der Waals surface area contributed by atoms with Crippen LogP contribution in [0.15, 0.2) is 0 Å². The van der Waals surface area contributed by atoms with Crippen molar-refractivity contribution in [3.63, 3.8) is 0 Å². The van der Waals surface area contributed by atoms with Crippen LogP contribution in [0.4, 0.5) is 0 Å². The SMILES string of the molecule is CCC(C)C(C)N(CC(=O)O)C1CC1. The van der Waals surface area contributed by atoms with Crippen LogP contribution in [0.25, 0.3) is 0 Å². The lowest BCUT2D eigenvalue weighted by Gasteiger charge is -2.31. The molecule has 3 heteroatoms. The van der Waals surface area contributed by atoms with Gasteiger partial charge in [0.2, 0.25) is 0 Å². The molecule has 1 rings (SSSR count). The Hall–Kier alpha value is -0.570. The van der Waals surface area contributed by atoms with Crippen LogP contribution in [0.5, 0.6) is 0 Å². The second-order valence-corrected chi connectivity index (χ2v) is 4.42. The van der Waals surface area contributed by atoms with Crippen LogP contribution in [0.1, 0.15) is 40.0 Å². The predicted octanol–water partition coefficient (Wildman–Crippen LogP) is 1.97. The Morgan fingerprint density at radius 2 is 2.07 bits per heavy atom. The van der Waals surface area contributed by atoms with Crippen LogP contribution >= 0.6 is 0 Å². The lowest BCUT2D eigenvalue weighted by atomic mass is 9.99. The zero-order chi connectivity index (χ0) is 10.7. The molecule has 2 unspecified atom stereocenters. The summed E-state index contributed by atoms with van der Waals surface area (Å²) in [6, 6.07) is 0.929. The first-order valence-corrected chi connectivity index (χ1v) is 5.53. The predicted molar refractivity (Wildman–Crippen MR) is 56.3 cm³/mol. The van der Waals surface area contributed by atoms with Gasteiger partial charge in [-0.1, -0.05) is 20.3 Å². The first-order valence-electron chi connectivity index (χ1n) is 5.53. The minimum Gasteiger partial charge on any atom is -0.480 e. The molecule has 0 bridgehead atoms. The van der Waals surface area contributed by atoms with Crippen LogP contribution in [-0.4, -0.2) is 34.6 Å². The van der Waals surface area contributed by atoms with Crippen LogP contribution < -0.4 is 0 Å². The number of carboxylic acid groups (broad SMARTS) is 1. The molecule has 0 spiro atoms. The molecule has 1 N–H and O–H groups in total. The van der Waals surface area contributed by atoms with E-state index in [2.05, 4.69) is 25.7 Å². The number of hydrogen-bond acceptors (Lipinski definition) is 2. The fourth-order valence-corrected chi connectivity index (χ4v) is 1.84. The molecule has 0 saturated heterocycles. The molecule has 0 radical (unpaired) electrons. The smallest absolute Gasteiger partial charge is 0.317 e. The van der Waals surface area contributed by atoms with Gasteiger partial charge in [-0.25, -0.2) is 0 Å². The molecule has 3 nitrogen and oxygen atoms in total. The summed E-state index contributed by atoms with van der Waals surface area (Å²) in [7, 11) is 0. The number of hydrogen-bond donors (Lipinski definition) is 1. The second kappa shape index (κ2) is 4.78. The molecule has 14 heavy (non-hydrogen) atoms. The third-order valence-electron chi connectivity index (χ3n) is 3.32. The summed E-state index contributed by atoms with van der Waals surface area (Å²) in [5.41, 5.74) is 0. The highest BCUT2D eigenvalue weighted by atomic mass is 16.4. The number of carboxylic acids is 1. The molecule has 1 fully saturated rings. The average molecular weight is 199 g/mol. The van der Waals surface area contributed by atoms with E-state index >= 15 is 0 Å². The summed E-state index contributed by atoms with van der Waals surface area (Å²) in [5.74, 6) is -0.123. The fourth-order valence-electron chi connectivity index (χ4n) is 1.84. The molecule has 0 aromatic heterocycles. The summed E-state index contributed by atoms with van der Waals surface area (Å²) in [6.07, 6.45) is 3.46. The highest BCUT2D eigenvalue weighted by molar-refractivity contribution is 5.69. The van der Waals surface area contributed by atoms with E-state index in [9.17, 15) is 4.79 Å². The lowest BCUT2D eigenvalue weighted by molar-refractivity contribution is -0.139. The molecule has 0 heterocycles. The van der Waals surface area contributed by atoms with Crippen LogP contribution in [0.3, 0.4) is 0 Å². The van der Waals surface area contributed by atoms with Gasteiger partial charge in [0.1, 0.15) is 0 Å². The summed E-state index contributed by atoms with van der Waals surface area (Å²) in [4.78, 5) is 12.9. The Bertz CT molecular complexity index is 201. The van der Waals surface area contributed by atoms with E-state index in [4.69, 9.17) is 5.11 Å². The summed E-state index contributed by atoms with van der Waals surface area (Å²) in [5, 5.41) is 8.82. The van der Waals surface area contributed by atoms with Crippen LogP contribution in [0, 0.1) is 5.92 Å². The van der Waals surface area contributed by atoms with E-state index in [-0.39, 0.29) is 6.54 Å². The average Bonchev–Trinajstić information content (AvgIpc) is 2.94. The molecule has 0 amide bonds. The van der Waals surface area contributed by atoms with Gasteiger partial charge < -0.3 is 5.11 Å². The van der Waals surface area contributed by atoms with Gasteiger partial charge in [-0.15, -0.1) is 0 Å². The van der Waals surface area contributed by atoms with E-state index in [1.807, 2.05) is 0 Å². The highest BCUT2D eigenvalue weighted by Crippen LogP contribution is 2.30. The Balaban J connectivity index is 2.52. The largest absolute Gasteiger partial charge is 0.480 e. The van der Waals surface area contributed by atoms with Gasteiger partial charge in [0.25, 0.3) is 0 Å². The maximum Gasteiger partial charge on any atom is 0.317 e.